The summed E-state index contributed by atoms with van der Waals surface area (Å²) < 4.78 is 0. The number of rotatable bonds is 10. The van der Waals surface area contributed by atoms with Crippen LogP contribution in [0.25, 0.3) is 11.1 Å². The van der Waals surface area contributed by atoms with Crippen molar-refractivity contribution in [3.8, 4) is 11.1 Å². The van der Waals surface area contributed by atoms with Crippen LogP contribution in [0.3, 0.4) is 0 Å². The van der Waals surface area contributed by atoms with Crippen molar-refractivity contribution in [1.29, 1.82) is 0 Å². The van der Waals surface area contributed by atoms with Crippen molar-refractivity contribution in [2.24, 2.45) is 11.7 Å². The van der Waals surface area contributed by atoms with Crippen LogP contribution >= 0.6 is 0 Å². The van der Waals surface area contributed by atoms with Gasteiger partial charge in [-0.15, -0.1) is 0 Å². The van der Waals surface area contributed by atoms with Crippen molar-refractivity contribution < 1.29 is 9.59 Å². The third-order valence-electron chi connectivity index (χ3n) is 6.42. The number of carbonyl (C=O) groups is 2. The number of nitrogens with zero attached hydrogens (tertiary/aromatic N) is 1. The predicted octanol–water partition coefficient (Wildman–Crippen LogP) is 4.75. The van der Waals surface area contributed by atoms with Gasteiger partial charge in [0.25, 0.3) is 5.91 Å². The van der Waals surface area contributed by atoms with Gasteiger partial charge in [0.05, 0.1) is 17.8 Å². The molecule has 0 aromatic heterocycles. The topological polar surface area (TPSA) is 75.4 Å². The van der Waals surface area contributed by atoms with Gasteiger partial charge in [-0.1, -0.05) is 79.4 Å². The molecule has 2 atom stereocenters. The summed E-state index contributed by atoms with van der Waals surface area (Å²) in [5.74, 6) is -0.0189. The minimum atomic E-state index is -0.215. The molecule has 3 aromatic rings. The van der Waals surface area contributed by atoms with E-state index < -0.39 is 0 Å². The molecule has 5 heteroatoms. The Labute approximate surface area is 201 Å². The standard InChI is InChI=1S/C29H31N3O2/c1-21(30)31-20-8-13-26-27(19-14-22-9-4-2-5-10-22)32(29(26)34)28(33)25-17-15-24(16-18-25)23-11-6-3-7-12-23/h2-7,9-12,15-18,26-27,31H,1,8,13-14,19-20,30H2/t26-,27+/m1/s1. The maximum Gasteiger partial charge on any atom is 0.260 e. The molecule has 5 nitrogen and oxygen atoms in total. The molecule has 174 valence electrons. The Hall–Kier alpha value is -3.86. The van der Waals surface area contributed by atoms with Crippen molar-refractivity contribution in [3.63, 3.8) is 0 Å². The SMILES string of the molecule is C=C(N)NCCC[C@H]1C(=O)N(C(=O)c2ccc(-c3ccccc3)cc2)[C@H]1CCc1ccccc1. The highest BCUT2D eigenvalue weighted by molar-refractivity contribution is 6.09. The highest BCUT2D eigenvalue weighted by Crippen LogP contribution is 2.35. The van der Waals surface area contributed by atoms with E-state index in [-0.39, 0.29) is 23.8 Å². The van der Waals surface area contributed by atoms with E-state index in [1.807, 2.05) is 72.8 Å². The van der Waals surface area contributed by atoms with Gasteiger partial charge >= 0.3 is 0 Å². The molecule has 3 N–H and O–H groups in total. The first-order valence-electron chi connectivity index (χ1n) is 11.8. The van der Waals surface area contributed by atoms with Gasteiger partial charge in [0, 0.05) is 12.1 Å². The quantitative estimate of drug-likeness (QED) is 0.264. The van der Waals surface area contributed by atoms with E-state index in [4.69, 9.17) is 5.73 Å². The Morgan fingerprint density at radius 2 is 1.50 bits per heavy atom. The molecule has 4 rings (SSSR count). The summed E-state index contributed by atoms with van der Waals surface area (Å²) >= 11 is 0. The van der Waals surface area contributed by atoms with Crippen molar-refractivity contribution >= 4 is 11.8 Å². The van der Waals surface area contributed by atoms with Crippen LogP contribution in [0, 0.1) is 5.92 Å². The Morgan fingerprint density at radius 3 is 2.15 bits per heavy atom. The molecule has 0 saturated carbocycles. The second kappa shape index (κ2) is 10.8. The average molecular weight is 454 g/mol. The summed E-state index contributed by atoms with van der Waals surface area (Å²) in [7, 11) is 0. The number of aryl methyl sites for hydroxylation is 1. The number of hydrogen-bond acceptors (Lipinski definition) is 4. The lowest BCUT2D eigenvalue weighted by atomic mass is 9.80. The van der Waals surface area contributed by atoms with Gasteiger partial charge in [0.15, 0.2) is 0 Å². The molecule has 1 aliphatic rings. The van der Waals surface area contributed by atoms with Gasteiger partial charge in [0.2, 0.25) is 5.91 Å². The number of imide groups is 1. The summed E-state index contributed by atoms with van der Waals surface area (Å²) in [4.78, 5) is 27.9. The largest absolute Gasteiger partial charge is 0.386 e. The fourth-order valence-corrected chi connectivity index (χ4v) is 4.61. The monoisotopic (exact) mass is 453 g/mol. The van der Waals surface area contributed by atoms with E-state index in [0.717, 1.165) is 36.8 Å². The highest BCUT2D eigenvalue weighted by Gasteiger charge is 2.49. The van der Waals surface area contributed by atoms with Crippen LogP contribution in [0.2, 0.25) is 0 Å². The number of amides is 2. The minimum absolute atomic E-state index is 0.0817. The molecular weight excluding hydrogens is 422 g/mol. The second-order valence-corrected chi connectivity index (χ2v) is 8.75. The van der Waals surface area contributed by atoms with E-state index in [2.05, 4.69) is 24.0 Å². The van der Waals surface area contributed by atoms with Crippen molar-refractivity contribution in [3.05, 3.63) is 108 Å². The highest BCUT2D eigenvalue weighted by atomic mass is 16.2. The van der Waals surface area contributed by atoms with Crippen LogP contribution in [0.5, 0.6) is 0 Å². The zero-order valence-corrected chi connectivity index (χ0v) is 19.3. The predicted molar refractivity (Wildman–Crippen MR) is 136 cm³/mol. The Balaban J connectivity index is 1.46. The van der Waals surface area contributed by atoms with Crippen molar-refractivity contribution in [2.75, 3.05) is 6.54 Å². The molecule has 1 saturated heterocycles. The van der Waals surface area contributed by atoms with Crippen LogP contribution in [0.1, 0.15) is 35.2 Å². The summed E-state index contributed by atoms with van der Waals surface area (Å²) in [6.07, 6.45) is 3.09. The van der Waals surface area contributed by atoms with E-state index >= 15 is 0 Å². The molecule has 0 aliphatic carbocycles. The smallest absolute Gasteiger partial charge is 0.260 e. The maximum absolute atomic E-state index is 13.3. The second-order valence-electron chi connectivity index (χ2n) is 8.75. The van der Waals surface area contributed by atoms with E-state index in [9.17, 15) is 9.59 Å². The van der Waals surface area contributed by atoms with Gasteiger partial charge in [0.1, 0.15) is 0 Å². The van der Waals surface area contributed by atoms with Gasteiger partial charge < -0.3 is 11.1 Å². The van der Waals surface area contributed by atoms with Gasteiger partial charge in [-0.2, -0.15) is 0 Å². The Bertz CT molecular complexity index is 1130. The molecule has 0 spiro atoms. The molecule has 0 bridgehead atoms. The zero-order valence-electron chi connectivity index (χ0n) is 19.3. The average Bonchev–Trinajstić information content (AvgIpc) is 2.87. The lowest BCUT2D eigenvalue weighted by molar-refractivity contribution is -0.151. The van der Waals surface area contributed by atoms with Crippen molar-refractivity contribution in [1.82, 2.24) is 10.2 Å². The molecule has 3 aromatic carbocycles. The van der Waals surface area contributed by atoms with Crippen LogP contribution in [-0.4, -0.2) is 29.3 Å². The fraction of sp³-hybridized carbons (Fsp3) is 0.241. The lowest BCUT2D eigenvalue weighted by Gasteiger charge is -2.46. The van der Waals surface area contributed by atoms with Gasteiger partial charge in [-0.3, -0.25) is 14.5 Å². The first-order valence-corrected chi connectivity index (χ1v) is 11.8. The first-order chi connectivity index (χ1) is 16.5. The molecule has 0 unspecified atom stereocenters. The van der Waals surface area contributed by atoms with E-state index in [1.54, 1.807) is 0 Å². The number of hydrogen-bond donors (Lipinski definition) is 2. The van der Waals surface area contributed by atoms with Crippen LogP contribution in [0.4, 0.5) is 0 Å². The number of likely N-dealkylation sites (tertiary alicyclic amines) is 1. The molecule has 1 fully saturated rings. The van der Waals surface area contributed by atoms with Crippen LogP contribution in [-0.2, 0) is 11.2 Å². The fourth-order valence-electron chi connectivity index (χ4n) is 4.61. The third-order valence-corrected chi connectivity index (χ3v) is 6.42. The normalized spacial score (nSPS) is 17.2. The summed E-state index contributed by atoms with van der Waals surface area (Å²) in [6.45, 7) is 4.31. The lowest BCUT2D eigenvalue weighted by Crippen LogP contribution is -2.63. The zero-order chi connectivity index (χ0) is 23.9. The molecule has 1 heterocycles. The Morgan fingerprint density at radius 1 is 0.882 bits per heavy atom. The van der Waals surface area contributed by atoms with Crippen LogP contribution in [0.15, 0.2) is 97.3 Å². The molecule has 1 aliphatic heterocycles. The summed E-state index contributed by atoms with van der Waals surface area (Å²) in [5.41, 5.74) is 9.45. The van der Waals surface area contributed by atoms with Crippen LogP contribution < -0.4 is 11.1 Å². The van der Waals surface area contributed by atoms with E-state index in [0.29, 0.717) is 17.9 Å². The molecule has 2 amide bonds. The third kappa shape index (κ3) is 5.37. The molecule has 34 heavy (non-hydrogen) atoms. The first kappa shape index (κ1) is 23.3. The van der Waals surface area contributed by atoms with Gasteiger partial charge in [-0.25, -0.2) is 0 Å². The maximum atomic E-state index is 13.3. The van der Waals surface area contributed by atoms with Crippen molar-refractivity contribution in [2.45, 2.75) is 31.7 Å². The number of nitrogens with two attached hydrogens (primary N) is 1. The molecule has 0 radical (unpaired) electrons. The van der Waals surface area contributed by atoms with Gasteiger partial charge in [-0.05, 0) is 54.5 Å². The number of benzene rings is 3. The number of β-lactam (4-membered cyclic amide) rings is 1. The van der Waals surface area contributed by atoms with E-state index in [1.165, 1.54) is 10.5 Å². The minimum Gasteiger partial charge on any atom is -0.386 e. The number of nitrogens with one attached hydrogen (secondary N) is 1. The summed E-state index contributed by atoms with van der Waals surface area (Å²) in [5, 5.41) is 3.01. The Kier molecular flexibility index (Phi) is 7.43. The molecular formula is C29H31N3O2. The summed E-state index contributed by atoms with van der Waals surface area (Å²) in [6, 6.07) is 27.6. The number of carbonyl (C=O) groups excluding carboxylic acids is 2.